The van der Waals surface area contributed by atoms with Gasteiger partial charge in [-0.25, -0.2) is 0 Å². The molecule has 322 valence electrons. The zero-order valence-electron chi connectivity index (χ0n) is 36.8. The van der Waals surface area contributed by atoms with Crippen molar-refractivity contribution in [3.8, 4) is 0 Å². The van der Waals surface area contributed by atoms with E-state index >= 15 is 0 Å². The molecule has 8 saturated carbocycles. The van der Waals surface area contributed by atoms with Gasteiger partial charge in [-0.15, -0.1) is 0 Å². The molecule has 10 bridgehead atoms. The van der Waals surface area contributed by atoms with Crippen molar-refractivity contribution in [3.63, 3.8) is 0 Å². The summed E-state index contributed by atoms with van der Waals surface area (Å²) in [4.78, 5) is 48.6. The summed E-state index contributed by atoms with van der Waals surface area (Å²) < 4.78 is 28.7. The summed E-state index contributed by atoms with van der Waals surface area (Å²) >= 11 is 0. The lowest BCUT2D eigenvalue weighted by Gasteiger charge is -2.60. The Morgan fingerprint density at radius 3 is 1.74 bits per heavy atom. The molecule has 10 heteroatoms. The first-order valence-electron chi connectivity index (χ1n) is 22.9. The molecule has 0 aromatic rings. The summed E-state index contributed by atoms with van der Waals surface area (Å²) in [6.45, 7) is 20.0. The fourth-order valence-electron chi connectivity index (χ4n) is 12.9. The Balaban J connectivity index is 0.000000131. The highest BCUT2D eigenvalue weighted by atomic mass is 16.7. The molecular weight excluding hydrogens is 725 g/mol. The van der Waals surface area contributed by atoms with Gasteiger partial charge in [-0.1, -0.05) is 27.7 Å². The predicted octanol–water partition coefficient (Wildman–Crippen LogP) is 8.67. The molecule has 0 aromatic carbocycles. The predicted molar refractivity (Wildman–Crippen MR) is 213 cm³/mol. The van der Waals surface area contributed by atoms with E-state index in [9.17, 15) is 24.3 Å². The summed E-state index contributed by atoms with van der Waals surface area (Å²) in [6, 6.07) is 0. The summed E-state index contributed by atoms with van der Waals surface area (Å²) in [5.41, 5.74) is -2.27. The zero-order valence-corrected chi connectivity index (χ0v) is 36.8. The largest absolute Gasteiger partial charge is 0.459 e. The van der Waals surface area contributed by atoms with Gasteiger partial charge in [-0.05, 0) is 167 Å². The molecule has 8 aliphatic carbocycles. The second kappa shape index (κ2) is 15.1. The molecule has 11 aliphatic rings. The summed E-state index contributed by atoms with van der Waals surface area (Å²) in [7, 11) is 0. The third-order valence-corrected chi connectivity index (χ3v) is 16.8. The Bertz CT molecular complexity index is 1530. The van der Waals surface area contributed by atoms with E-state index in [2.05, 4.69) is 13.8 Å². The topological polar surface area (TPSA) is 135 Å². The van der Waals surface area contributed by atoms with Crippen molar-refractivity contribution in [2.24, 2.45) is 57.7 Å². The van der Waals surface area contributed by atoms with Crippen LogP contribution in [0.1, 0.15) is 172 Å². The van der Waals surface area contributed by atoms with Gasteiger partial charge in [0.2, 0.25) is 0 Å². The summed E-state index contributed by atoms with van der Waals surface area (Å²) in [5, 5.41) is 10.6. The molecule has 57 heavy (non-hydrogen) atoms. The Kier molecular flexibility index (Phi) is 11.3. The van der Waals surface area contributed by atoms with Crippen molar-refractivity contribution in [1.29, 1.82) is 0 Å². The van der Waals surface area contributed by atoms with Crippen LogP contribution in [0.25, 0.3) is 0 Å². The molecule has 3 aliphatic heterocycles. The molecule has 0 spiro atoms. The fraction of sp³-hybridized carbons (Fsp3) is 0.915. The lowest BCUT2D eigenvalue weighted by atomic mass is 9.49. The highest BCUT2D eigenvalue weighted by Gasteiger charge is 2.65. The van der Waals surface area contributed by atoms with Crippen molar-refractivity contribution < 1.29 is 48.0 Å². The minimum Gasteiger partial charge on any atom is -0.459 e. The number of esters is 4. The molecule has 0 aromatic heterocycles. The normalized spacial score (nSPS) is 42.8. The molecule has 0 radical (unpaired) electrons. The van der Waals surface area contributed by atoms with E-state index in [1.807, 2.05) is 55.4 Å². The molecule has 10 nitrogen and oxygen atoms in total. The minimum atomic E-state index is -0.555. The van der Waals surface area contributed by atoms with Gasteiger partial charge >= 0.3 is 23.9 Å². The van der Waals surface area contributed by atoms with Gasteiger partial charge in [0.25, 0.3) is 0 Å². The van der Waals surface area contributed by atoms with Gasteiger partial charge in [-0.2, -0.15) is 0 Å². The van der Waals surface area contributed by atoms with Crippen LogP contribution in [0.15, 0.2) is 0 Å². The maximum Gasteiger partial charge on any atom is 0.312 e. The quantitative estimate of drug-likeness (QED) is 0.169. The van der Waals surface area contributed by atoms with Crippen LogP contribution in [0.5, 0.6) is 0 Å². The van der Waals surface area contributed by atoms with Crippen LogP contribution in [0.3, 0.4) is 0 Å². The zero-order chi connectivity index (χ0) is 41.5. The molecule has 0 amide bonds. The van der Waals surface area contributed by atoms with E-state index in [1.54, 1.807) is 0 Å². The Morgan fingerprint density at radius 2 is 1.21 bits per heavy atom. The maximum absolute atomic E-state index is 12.6. The van der Waals surface area contributed by atoms with Gasteiger partial charge in [0.05, 0.1) is 33.9 Å². The van der Waals surface area contributed by atoms with Crippen molar-refractivity contribution in [3.05, 3.63) is 0 Å². The van der Waals surface area contributed by atoms with Crippen LogP contribution in [0.4, 0.5) is 0 Å². The number of fused-ring (bicyclic) bond motifs is 1. The molecular formula is C47H74O10. The van der Waals surface area contributed by atoms with E-state index in [-0.39, 0.29) is 58.6 Å². The first-order chi connectivity index (χ1) is 26.6. The first kappa shape index (κ1) is 42.9. The molecule has 11 rings (SSSR count). The smallest absolute Gasteiger partial charge is 0.312 e. The second-order valence-corrected chi connectivity index (χ2v) is 22.3. The molecule has 3 heterocycles. The summed E-state index contributed by atoms with van der Waals surface area (Å²) in [5.74, 6) is 3.57. The number of aliphatic hydroxyl groups is 1. The van der Waals surface area contributed by atoms with Crippen LogP contribution in [0, 0.1) is 57.7 Å². The maximum atomic E-state index is 12.6. The number of ether oxygens (including phenoxy) is 5. The van der Waals surface area contributed by atoms with Crippen LogP contribution < -0.4 is 0 Å². The van der Waals surface area contributed by atoms with Crippen LogP contribution >= 0.6 is 0 Å². The van der Waals surface area contributed by atoms with E-state index < -0.39 is 28.6 Å². The number of carbonyl (C=O) groups is 4. The van der Waals surface area contributed by atoms with E-state index in [0.29, 0.717) is 37.0 Å². The Hall–Kier alpha value is -2.20. The average Bonchev–Trinajstić information content (AvgIpc) is 3.76. The van der Waals surface area contributed by atoms with Crippen LogP contribution in [0.2, 0.25) is 0 Å². The molecule has 10 atom stereocenters. The number of hydrogen-bond donors (Lipinski definition) is 1. The molecule has 10 unspecified atom stereocenters. The van der Waals surface area contributed by atoms with Gasteiger partial charge in [0.1, 0.15) is 17.3 Å². The summed E-state index contributed by atoms with van der Waals surface area (Å²) in [6.07, 6.45) is 15.1. The number of rotatable bonds is 10. The minimum absolute atomic E-state index is 0.0420. The van der Waals surface area contributed by atoms with Crippen LogP contribution in [-0.2, 0) is 42.9 Å². The molecule has 3 saturated heterocycles. The van der Waals surface area contributed by atoms with Gasteiger partial charge in [0.15, 0.2) is 12.2 Å². The SMILES string of the molecule is CCC(C)(C)C(=O)OC12CC3CC(CC(O)(C3)C1)C2.CCC(C)(C)C(=O)OC1C2CC3C(=O)OC1C3O2.CCC1C2CC3CC(C2)CC1(OC(=O)C(C)(C)CC)C3. The third kappa shape index (κ3) is 7.94. The third-order valence-electron chi connectivity index (χ3n) is 16.8. The second-order valence-electron chi connectivity index (χ2n) is 22.3. The highest BCUT2D eigenvalue weighted by Crippen LogP contribution is 2.62. The van der Waals surface area contributed by atoms with Crippen molar-refractivity contribution in [2.75, 3.05) is 0 Å². The molecule has 11 fully saturated rings. The monoisotopic (exact) mass is 799 g/mol. The standard InChI is InChI=1S/C18H30O2.C16H26O3.C13H18O5/c1-5-15-14-8-12-7-13(9-14)11-18(15,10-12)20-16(19)17(3,4)6-2;1-4-14(2,3)13(17)19-16-8-11-5-12(9-16)7-15(18,6-11)10-16;1-4-13(2,3)12(15)18-9-7-5-6-8(16-7)10(9)17-11(6)14/h12-15H,5-11H2,1-4H3;11-12,18H,4-10H2,1-3H3;6-10H,4-5H2,1-3H3. The van der Waals surface area contributed by atoms with Crippen LogP contribution in [-0.4, -0.2) is 70.2 Å². The van der Waals surface area contributed by atoms with Gasteiger partial charge in [-0.3, -0.25) is 19.2 Å². The molecule has 1 N–H and O–H groups in total. The number of hydrogen-bond acceptors (Lipinski definition) is 10. The van der Waals surface area contributed by atoms with E-state index in [1.165, 1.54) is 32.1 Å². The Morgan fingerprint density at radius 1 is 0.684 bits per heavy atom. The van der Waals surface area contributed by atoms with Crippen molar-refractivity contribution >= 4 is 23.9 Å². The lowest BCUT2D eigenvalue weighted by molar-refractivity contribution is -0.225. The first-order valence-corrected chi connectivity index (χ1v) is 22.9. The van der Waals surface area contributed by atoms with Crippen molar-refractivity contribution in [1.82, 2.24) is 0 Å². The van der Waals surface area contributed by atoms with Gasteiger partial charge in [0, 0.05) is 12.3 Å². The Labute approximate surface area is 341 Å². The van der Waals surface area contributed by atoms with E-state index in [4.69, 9.17) is 23.7 Å². The number of carbonyl (C=O) groups excluding carboxylic acids is 4. The van der Waals surface area contributed by atoms with E-state index in [0.717, 1.165) is 69.1 Å². The highest BCUT2D eigenvalue weighted by molar-refractivity contribution is 5.79. The fourth-order valence-corrected chi connectivity index (χ4v) is 12.9. The average molecular weight is 799 g/mol. The van der Waals surface area contributed by atoms with Gasteiger partial charge < -0.3 is 28.8 Å². The lowest BCUT2D eigenvalue weighted by Crippen LogP contribution is -2.61. The van der Waals surface area contributed by atoms with Crippen molar-refractivity contribution in [2.45, 2.75) is 213 Å².